The molecule has 0 aliphatic heterocycles. The van der Waals surface area contributed by atoms with Gasteiger partial charge in [0.25, 0.3) is 0 Å². The van der Waals surface area contributed by atoms with E-state index in [4.69, 9.17) is 11.6 Å². The van der Waals surface area contributed by atoms with Crippen LogP contribution in [0.4, 0.5) is 0 Å². The van der Waals surface area contributed by atoms with Crippen LogP contribution in [-0.4, -0.2) is 34.5 Å². The first-order valence-corrected chi connectivity index (χ1v) is 6.80. The van der Waals surface area contributed by atoms with Crippen LogP contribution >= 0.6 is 11.6 Å². The molecular formula is C9H18ClNO2S. The molecule has 1 amide bonds. The van der Waals surface area contributed by atoms with Gasteiger partial charge in [-0.25, -0.2) is 0 Å². The van der Waals surface area contributed by atoms with E-state index in [1.807, 2.05) is 0 Å². The third-order valence-corrected chi connectivity index (χ3v) is 3.37. The van der Waals surface area contributed by atoms with E-state index in [0.29, 0.717) is 18.2 Å². The molecule has 0 aromatic carbocycles. The fraction of sp³-hybridized carbons (Fsp3) is 0.889. The van der Waals surface area contributed by atoms with E-state index in [1.165, 1.54) is 0 Å². The van der Waals surface area contributed by atoms with Crippen LogP contribution < -0.4 is 5.32 Å². The number of alkyl halides is 1. The van der Waals surface area contributed by atoms with Crippen LogP contribution in [0.1, 0.15) is 20.3 Å². The Hall–Kier alpha value is -0.0900. The zero-order valence-corrected chi connectivity index (χ0v) is 10.5. The van der Waals surface area contributed by atoms with E-state index in [9.17, 15) is 9.00 Å². The third kappa shape index (κ3) is 5.60. The minimum atomic E-state index is -0.781. The van der Waals surface area contributed by atoms with Crippen molar-refractivity contribution in [3.8, 4) is 0 Å². The zero-order chi connectivity index (χ0) is 11.2. The highest BCUT2D eigenvalue weighted by atomic mass is 35.5. The van der Waals surface area contributed by atoms with Gasteiger partial charge in [-0.05, 0) is 20.3 Å². The molecule has 0 aromatic rings. The standard InChI is InChI=1S/C9H18ClNO2S/c1-9(2,7-10)8(12)11-5-4-6-14(3)13/h4-7H2,1-3H3,(H,11,12). The second-order valence-electron chi connectivity index (χ2n) is 3.90. The first-order chi connectivity index (χ1) is 6.40. The van der Waals surface area contributed by atoms with E-state index < -0.39 is 16.2 Å². The predicted octanol–water partition coefficient (Wildman–Crippen LogP) is 1.14. The molecule has 1 atom stereocenters. The summed E-state index contributed by atoms with van der Waals surface area (Å²) in [4.78, 5) is 11.5. The van der Waals surface area contributed by atoms with Crippen LogP contribution in [0.2, 0.25) is 0 Å². The first-order valence-electron chi connectivity index (χ1n) is 4.54. The van der Waals surface area contributed by atoms with Crippen molar-refractivity contribution in [2.45, 2.75) is 20.3 Å². The lowest BCUT2D eigenvalue weighted by Crippen LogP contribution is -2.38. The lowest BCUT2D eigenvalue weighted by atomic mass is 9.95. The van der Waals surface area contributed by atoms with E-state index in [1.54, 1.807) is 20.1 Å². The quantitative estimate of drug-likeness (QED) is 0.558. The van der Waals surface area contributed by atoms with Crippen molar-refractivity contribution < 1.29 is 9.00 Å². The molecule has 0 bridgehead atoms. The number of hydrogen-bond acceptors (Lipinski definition) is 2. The highest BCUT2D eigenvalue weighted by Gasteiger charge is 2.25. The maximum absolute atomic E-state index is 11.5. The van der Waals surface area contributed by atoms with Crippen molar-refractivity contribution in [2.24, 2.45) is 5.41 Å². The molecule has 0 aliphatic carbocycles. The summed E-state index contributed by atoms with van der Waals surface area (Å²) < 4.78 is 10.7. The molecule has 0 aliphatic rings. The molecule has 0 saturated heterocycles. The van der Waals surface area contributed by atoms with Crippen molar-refractivity contribution in [3.05, 3.63) is 0 Å². The van der Waals surface area contributed by atoms with Crippen LogP contribution in [0.3, 0.4) is 0 Å². The van der Waals surface area contributed by atoms with Gasteiger partial charge < -0.3 is 5.32 Å². The highest BCUT2D eigenvalue weighted by Crippen LogP contribution is 2.16. The molecule has 0 spiro atoms. The maximum Gasteiger partial charge on any atom is 0.226 e. The Labute approximate surface area is 93.0 Å². The summed E-state index contributed by atoms with van der Waals surface area (Å²) in [6, 6.07) is 0. The van der Waals surface area contributed by atoms with Crippen molar-refractivity contribution >= 4 is 28.3 Å². The van der Waals surface area contributed by atoms with E-state index in [-0.39, 0.29) is 5.91 Å². The highest BCUT2D eigenvalue weighted by molar-refractivity contribution is 7.84. The summed E-state index contributed by atoms with van der Waals surface area (Å²) in [7, 11) is -0.781. The molecule has 0 fully saturated rings. The number of amides is 1. The Balaban J connectivity index is 3.70. The summed E-state index contributed by atoms with van der Waals surface area (Å²) in [5.41, 5.74) is -0.521. The first kappa shape index (κ1) is 13.9. The molecule has 0 rings (SSSR count). The summed E-state index contributed by atoms with van der Waals surface area (Å²) >= 11 is 5.64. The molecule has 0 radical (unpaired) electrons. The van der Waals surface area contributed by atoms with E-state index >= 15 is 0 Å². The zero-order valence-electron chi connectivity index (χ0n) is 8.93. The number of carbonyl (C=O) groups is 1. The number of hydrogen-bond donors (Lipinski definition) is 1. The molecule has 84 valence electrons. The van der Waals surface area contributed by atoms with Gasteiger partial charge in [-0.1, -0.05) is 0 Å². The third-order valence-electron chi connectivity index (χ3n) is 1.84. The average molecular weight is 240 g/mol. The fourth-order valence-corrected chi connectivity index (χ4v) is 1.45. The Bertz CT molecular complexity index is 219. The van der Waals surface area contributed by atoms with Gasteiger partial charge in [-0.2, -0.15) is 0 Å². The van der Waals surface area contributed by atoms with Crippen molar-refractivity contribution in [3.63, 3.8) is 0 Å². The van der Waals surface area contributed by atoms with Crippen LogP contribution in [0, 0.1) is 5.41 Å². The molecular weight excluding hydrogens is 222 g/mol. The summed E-state index contributed by atoms with van der Waals surface area (Å²) in [5, 5.41) is 2.77. The minimum Gasteiger partial charge on any atom is -0.356 e. The van der Waals surface area contributed by atoms with Gasteiger partial charge in [0.05, 0.1) is 5.41 Å². The van der Waals surface area contributed by atoms with E-state index in [0.717, 1.165) is 6.42 Å². The topological polar surface area (TPSA) is 46.2 Å². The van der Waals surface area contributed by atoms with Crippen molar-refractivity contribution in [1.29, 1.82) is 0 Å². The monoisotopic (exact) mass is 239 g/mol. The summed E-state index contributed by atoms with van der Waals surface area (Å²) in [5.74, 6) is 0.884. The van der Waals surface area contributed by atoms with Gasteiger partial charge in [0.1, 0.15) is 0 Å². The van der Waals surface area contributed by atoms with Gasteiger partial charge >= 0.3 is 0 Å². The molecule has 0 saturated carbocycles. The van der Waals surface area contributed by atoms with Gasteiger partial charge in [-0.15, -0.1) is 11.6 Å². The van der Waals surface area contributed by atoms with Gasteiger partial charge in [0, 0.05) is 35.2 Å². The maximum atomic E-state index is 11.5. The van der Waals surface area contributed by atoms with Crippen LogP contribution in [0.15, 0.2) is 0 Å². The number of rotatable bonds is 6. The Kier molecular flexibility index (Phi) is 6.36. The normalized spacial score (nSPS) is 13.7. The Morgan fingerprint density at radius 3 is 2.50 bits per heavy atom. The lowest BCUT2D eigenvalue weighted by Gasteiger charge is -2.20. The van der Waals surface area contributed by atoms with Crippen molar-refractivity contribution in [2.75, 3.05) is 24.4 Å². The average Bonchev–Trinajstić information content (AvgIpc) is 2.11. The second-order valence-corrected chi connectivity index (χ2v) is 5.73. The molecule has 1 N–H and O–H groups in total. The van der Waals surface area contributed by atoms with E-state index in [2.05, 4.69) is 5.32 Å². The number of halogens is 1. The van der Waals surface area contributed by atoms with Crippen LogP contribution in [0.5, 0.6) is 0 Å². The summed E-state index contributed by atoms with van der Waals surface area (Å²) in [6.45, 7) is 4.17. The lowest BCUT2D eigenvalue weighted by molar-refractivity contribution is -0.128. The number of carbonyl (C=O) groups excluding carboxylic acids is 1. The molecule has 14 heavy (non-hydrogen) atoms. The molecule has 5 heteroatoms. The molecule has 1 unspecified atom stereocenters. The SMILES string of the molecule is CS(=O)CCCNC(=O)C(C)(C)CCl. The Morgan fingerprint density at radius 1 is 1.50 bits per heavy atom. The molecule has 0 aromatic heterocycles. The van der Waals surface area contributed by atoms with Crippen molar-refractivity contribution in [1.82, 2.24) is 5.32 Å². The molecule has 3 nitrogen and oxygen atoms in total. The largest absolute Gasteiger partial charge is 0.356 e. The fourth-order valence-electron chi connectivity index (χ4n) is 0.777. The van der Waals surface area contributed by atoms with Crippen LogP contribution in [-0.2, 0) is 15.6 Å². The predicted molar refractivity (Wildman–Crippen MR) is 61.1 cm³/mol. The van der Waals surface area contributed by atoms with Gasteiger partial charge in [-0.3, -0.25) is 9.00 Å². The minimum absolute atomic E-state index is 0.0469. The number of nitrogens with one attached hydrogen (secondary N) is 1. The molecule has 0 heterocycles. The Morgan fingerprint density at radius 2 is 2.07 bits per heavy atom. The summed E-state index contributed by atoms with van der Waals surface area (Å²) in [6.07, 6.45) is 2.40. The second kappa shape index (κ2) is 6.40. The van der Waals surface area contributed by atoms with Gasteiger partial charge in [0.2, 0.25) is 5.91 Å². The van der Waals surface area contributed by atoms with Gasteiger partial charge in [0.15, 0.2) is 0 Å². The van der Waals surface area contributed by atoms with Crippen LogP contribution in [0.25, 0.3) is 0 Å². The smallest absolute Gasteiger partial charge is 0.226 e.